The topological polar surface area (TPSA) is 79.0 Å². The monoisotopic (exact) mass is 499 g/mol. The molecule has 4 rings (SSSR count). The average molecular weight is 500 g/mol. The van der Waals surface area contributed by atoms with Crippen molar-refractivity contribution < 1.29 is 17.9 Å². The van der Waals surface area contributed by atoms with Crippen LogP contribution in [0.4, 0.5) is 5.69 Å². The van der Waals surface area contributed by atoms with Crippen molar-refractivity contribution in [2.75, 3.05) is 37.2 Å². The van der Waals surface area contributed by atoms with Gasteiger partial charge < -0.3 is 14.5 Å². The Morgan fingerprint density at radius 3 is 2.66 bits per heavy atom. The number of nitrogens with zero attached hydrogens (tertiary/aromatic N) is 2. The lowest BCUT2D eigenvalue weighted by molar-refractivity contribution is -0.140. The van der Waals surface area contributed by atoms with Crippen LogP contribution in [0.25, 0.3) is 0 Å². The molecule has 0 saturated carbocycles. The molecule has 2 aliphatic heterocycles. The van der Waals surface area contributed by atoms with Crippen molar-refractivity contribution in [1.82, 2.24) is 9.80 Å². The highest BCUT2D eigenvalue weighted by atomic mass is 32.2. The first-order chi connectivity index (χ1) is 16.8. The fraction of sp³-hybridized carbons (Fsp3) is 0.519. The number of aryl methyl sites for hydroxylation is 1. The van der Waals surface area contributed by atoms with Gasteiger partial charge in [0.25, 0.3) is 5.91 Å². The summed E-state index contributed by atoms with van der Waals surface area (Å²) in [6.45, 7) is 7.04. The second kappa shape index (κ2) is 11.0. The standard InChI is InChI=1S/C27H37N3O4S/c1-4-16-35(32,33)28-23-11-13-25-22(17-23)10-12-26(34-25)27(31)29(3)24(21-8-6-5-7-9-21)19-30-15-14-20(2)18-30/h5-9,11,13,17,20,24,26,28H,4,10,12,14-16,18-19H2,1-3H3/t20-,24+,26?/m0/s1. The van der Waals surface area contributed by atoms with Gasteiger partial charge in [-0.25, -0.2) is 8.42 Å². The zero-order valence-corrected chi connectivity index (χ0v) is 21.8. The molecule has 2 aliphatic rings. The number of likely N-dealkylation sites (tertiary alicyclic amines) is 1. The van der Waals surface area contributed by atoms with Crippen molar-refractivity contribution >= 4 is 21.6 Å². The van der Waals surface area contributed by atoms with E-state index in [2.05, 4.69) is 28.7 Å². The summed E-state index contributed by atoms with van der Waals surface area (Å²) in [6.07, 6.45) is 2.41. The van der Waals surface area contributed by atoms with E-state index in [9.17, 15) is 13.2 Å². The van der Waals surface area contributed by atoms with Gasteiger partial charge in [-0.3, -0.25) is 9.52 Å². The molecule has 0 aliphatic carbocycles. The number of nitrogens with one attached hydrogen (secondary N) is 1. The number of likely N-dealkylation sites (N-methyl/N-ethyl adjacent to an activating group) is 1. The molecule has 2 aromatic carbocycles. The number of carbonyl (C=O) groups excluding carboxylic acids is 1. The number of anilines is 1. The fourth-order valence-electron chi connectivity index (χ4n) is 5.07. The van der Waals surface area contributed by atoms with Gasteiger partial charge in [-0.1, -0.05) is 44.2 Å². The van der Waals surface area contributed by atoms with Crippen molar-refractivity contribution in [2.45, 2.75) is 51.7 Å². The number of fused-ring (bicyclic) bond motifs is 1. The summed E-state index contributed by atoms with van der Waals surface area (Å²) in [4.78, 5) is 17.9. The minimum Gasteiger partial charge on any atom is -0.480 e. The van der Waals surface area contributed by atoms with Crippen LogP contribution in [0, 0.1) is 5.92 Å². The number of sulfonamides is 1. The van der Waals surface area contributed by atoms with Gasteiger partial charge in [0.1, 0.15) is 5.75 Å². The van der Waals surface area contributed by atoms with Gasteiger partial charge >= 0.3 is 0 Å². The minimum atomic E-state index is -3.35. The van der Waals surface area contributed by atoms with Gasteiger partial charge in [0.05, 0.1) is 11.8 Å². The zero-order chi connectivity index (χ0) is 25.0. The molecule has 2 aromatic rings. The van der Waals surface area contributed by atoms with Crippen molar-refractivity contribution in [2.24, 2.45) is 5.92 Å². The van der Waals surface area contributed by atoms with E-state index >= 15 is 0 Å². The van der Waals surface area contributed by atoms with Gasteiger partial charge in [-0.2, -0.15) is 0 Å². The van der Waals surface area contributed by atoms with Crippen LogP contribution < -0.4 is 9.46 Å². The maximum atomic E-state index is 13.6. The summed E-state index contributed by atoms with van der Waals surface area (Å²) in [5.74, 6) is 1.39. The highest BCUT2D eigenvalue weighted by molar-refractivity contribution is 7.92. The fourth-order valence-corrected chi connectivity index (χ4v) is 6.19. The van der Waals surface area contributed by atoms with Crippen molar-refractivity contribution in [3.8, 4) is 5.75 Å². The van der Waals surface area contributed by atoms with E-state index in [1.165, 1.54) is 6.42 Å². The Balaban J connectivity index is 1.46. The van der Waals surface area contributed by atoms with E-state index in [0.29, 0.717) is 36.6 Å². The predicted octanol–water partition coefficient (Wildman–Crippen LogP) is 4.07. The van der Waals surface area contributed by atoms with Crippen molar-refractivity contribution in [3.05, 3.63) is 59.7 Å². The summed E-state index contributed by atoms with van der Waals surface area (Å²) in [5.41, 5.74) is 2.58. The van der Waals surface area contributed by atoms with Crippen LogP contribution in [0.15, 0.2) is 48.5 Å². The summed E-state index contributed by atoms with van der Waals surface area (Å²) in [7, 11) is -1.47. The van der Waals surface area contributed by atoms with Crippen molar-refractivity contribution in [3.63, 3.8) is 0 Å². The van der Waals surface area contributed by atoms with Gasteiger partial charge in [-0.05, 0) is 67.5 Å². The smallest absolute Gasteiger partial charge is 0.263 e. The third-order valence-electron chi connectivity index (χ3n) is 6.97. The molecule has 1 N–H and O–H groups in total. The number of benzene rings is 2. The van der Waals surface area contributed by atoms with E-state index in [4.69, 9.17) is 4.74 Å². The molecule has 0 spiro atoms. The largest absolute Gasteiger partial charge is 0.480 e. The van der Waals surface area contributed by atoms with E-state index in [1.54, 1.807) is 12.1 Å². The highest BCUT2D eigenvalue weighted by Crippen LogP contribution is 2.32. The summed E-state index contributed by atoms with van der Waals surface area (Å²) in [5, 5.41) is 0. The SMILES string of the molecule is CCCS(=O)(=O)Nc1ccc2c(c1)CCC(C(=O)N(C)[C@H](CN1CC[C@H](C)C1)c1ccccc1)O2. The molecule has 1 saturated heterocycles. The molecular formula is C27H37N3O4S. The minimum absolute atomic E-state index is 0.0236. The highest BCUT2D eigenvalue weighted by Gasteiger charge is 2.34. The molecule has 3 atom stereocenters. The maximum Gasteiger partial charge on any atom is 0.263 e. The van der Waals surface area contributed by atoms with Crippen LogP contribution in [0.5, 0.6) is 5.75 Å². The summed E-state index contributed by atoms with van der Waals surface area (Å²) >= 11 is 0. The number of hydrogen-bond donors (Lipinski definition) is 1. The number of ether oxygens (including phenoxy) is 1. The third kappa shape index (κ3) is 6.35. The molecule has 0 bridgehead atoms. The van der Waals surface area contributed by atoms with Gasteiger partial charge in [0.2, 0.25) is 10.0 Å². The zero-order valence-electron chi connectivity index (χ0n) is 20.9. The lowest BCUT2D eigenvalue weighted by Crippen LogP contribution is -2.46. The molecule has 1 unspecified atom stereocenters. The van der Waals surface area contributed by atoms with Crippen LogP contribution in [0.2, 0.25) is 0 Å². The second-order valence-corrected chi connectivity index (χ2v) is 11.8. The van der Waals surface area contributed by atoms with E-state index in [0.717, 1.165) is 30.8 Å². The number of carbonyl (C=O) groups is 1. The van der Waals surface area contributed by atoms with Crippen LogP contribution >= 0.6 is 0 Å². The van der Waals surface area contributed by atoms with E-state index < -0.39 is 16.1 Å². The number of rotatable bonds is 9. The molecule has 190 valence electrons. The first kappa shape index (κ1) is 25.5. The normalized spacial score (nSPS) is 21.1. The third-order valence-corrected chi connectivity index (χ3v) is 8.46. The molecule has 35 heavy (non-hydrogen) atoms. The van der Waals surface area contributed by atoms with Gasteiger partial charge in [-0.15, -0.1) is 0 Å². The molecule has 7 nitrogen and oxygen atoms in total. The Morgan fingerprint density at radius 1 is 1.20 bits per heavy atom. The predicted molar refractivity (Wildman–Crippen MR) is 139 cm³/mol. The Hall–Kier alpha value is -2.58. The van der Waals surface area contributed by atoms with Crippen LogP contribution in [0.1, 0.15) is 50.3 Å². The summed E-state index contributed by atoms with van der Waals surface area (Å²) in [6, 6.07) is 15.4. The average Bonchev–Trinajstić information content (AvgIpc) is 3.26. The number of amides is 1. The van der Waals surface area contributed by atoms with Crippen LogP contribution in [-0.4, -0.2) is 62.7 Å². The molecule has 0 aromatic heterocycles. The second-order valence-electron chi connectivity index (χ2n) is 9.92. The lowest BCUT2D eigenvalue weighted by Gasteiger charge is -2.35. The first-order valence-electron chi connectivity index (χ1n) is 12.6. The lowest BCUT2D eigenvalue weighted by atomic mass is 9.99. The molecule has 1 amide bonds. The molecule has 1 fully saturated rings. The quantitative estimate of drug-likeness (QED) is 0.563. The Kier molecular flexibility index (Phi) is 8.02. The molecule has 8 heteroatoms. The Bertz CT molecular complexity index is 1120. The van der Waals surface area contributed by atoms with Gasteiger partial charge in [0, 0.05) is 25.8 Å². The first-order valence-corrected chi connectivity index (χ1v) is 14.2. The van der Waals surface area contributed by atoms with Crippen molar-refractivity contribution in [1.29, 1.82) is 0 Å². The van der Waals surface area contributed by atoms with E-state index in [-0.39, 0.29) is 17.7 Å². The van der Waals surface area contributed by atoms with Crippen LogP contribution in [0.3, 0.4) is 0 Å². The Morgan fingerprint density at radius 2 is 1.97 bits per heavy atom. The summed E-state index contributed by atoms with van der Waals surface area (Å²) < 4.78 is 33.0. The van der Waals surface area contributed by atoms with Gasteiger partial charge in [0.15, 0.2) is 6.10 Å². The van der Waals surface area contributed by atoms with E-state index in [1.807, 2.05) is 43.1 Å². The van der Waals surface area contributed by atoms with Crippen LogP contribution in [-0.2, 0) is 21.2 Å². The molecule has 0 radical (unpaired) electrons. The molecule has 2 heterocycles. The Labute approximate surface area is 209 Å². The number of hydrogen-bond acceptors (Lipinski definition) is 5. The maximum absolute atomic E-state index is 13.6. The molecular weight excluding hydrogens is 462 g/mol.